The molecule has 0 radical (unpaired) electrons. The molecule has 1 amide bonds. The number of benzene rings is 3. The largest absolute Gasteiger partial charge is 0.573 e. The van der Waals surface area contributed by atoms with Gasteiger partial charge < -0.3 is 19.4 Å². The predicted molar refractivity (Wildman–Crippen MR) is 138 cm³/mol. The number of hydrogen-bond acceptors (Lipinski definition) is 6. The molecule has 11 heteroatoms. The first-order chi connectivity index (χ1) is 18.2. The number of anilines is 3. The van der Waals surface area contributed by atoms with Gasteiger partial charge in [0.1, 0.15) is 0 Å². The minimum atomic E-state index is -4.81. The molecule has 4 aromatic rings. The Morgan fingerprint density at radius 1 is 0.947 bits per heavy atom. The van der Waals surface area contributed by atoms with Gasteiger partial charge in [0.05, 0.1) is 16.6 Å². The van der Waals surface area contributed by atoms with E-state index in [1.54, 1.807) is 65.4 Å². The van der Waals surface area contributed by atoms with Gasteiger partial charge >= 0.3 is 6.36 Å². The number of piperazine rings is 1. The third kappa shape index (κ3) is 5.26. The Hall–Kier alpha value is -4.54. The average Bonchev–Trinajstić information content (AvgIpc) is 2.92. The molecule has 1 aromatic heterocycles. The molecule has 196 valence electrons. The number of carbonyl (C=O) groups is 1. The molecule has 0 bridgehead atoms. The molecular formula is C27H24F3N5O3. The highest BCUT2D eigenvalue weighted by molar-refractivity contribution is 5.95. The van der Waals surface area contributed by atoms with Gasteiger partial charge in [-0.3, -0.25) is 14.6 Å². The normalized spacial score (nSPS) is 14.0. The van der Waals surface area contributed by atoms with Gasteiger partial charge in [-0.2, -0.15) is 0 Å². The summed E-state index contributed by atoms with van der Waals surface area (Å²) >= 11 is 0. The van der Waals surface area contributed by atoms with Crippen molar-refractivity contribution in [2.24, 2.45) is 0 Å². The molecule has 0 saturated carbocycles. The van der Waals surface area contributed by atoms with Crippen LogP contribution in [0.2, 0.25) is 0 Å². The molecular weight excluding hydrogens is 499 g/mol. The van der Waals surface area contributed by atoms with Crippen molar-refractivity contribution in [1.29, 1.82) is 0 Å². The number of alkyl halides is 3. The van der Waals surface area contributed by atoms with Gasteiger partial charge in [0.2, 0.25) is 5.95 Å². The molecule has 5 rings (SSSR count). The summed E-state index contributed by atoms with van der Waals surface area (Å²) in [5, 5.41) is 0.524. The average molecular weight is 524 g/mol. The third-order valence-electron chi connectivity index (χ3n) is 6.42. The number of fused-ring (bicyclic) bond motifs is 1. The lowest BCUT2D eigenvalue weighted by Crippen LogP contribution is -2.49. The van der Waals surface area contributed by atoms with E-state index in [2.05, 4.69) is 14.7 Å². The van der Waals surface area contributed by atoms with Crippen molar-refractivity contribution >= 4 is 34.1 Å². The van der Waals surface area contributed by atoms with Crippen molar-refractivity contribution in [1.82, 2.24) is 14.9 Å². The van der Waals surface area contributed by atoms with E-state index < -0.39 is 6.36 Å². The van der Waals surface area contributed by atoms with E-state index in [9.17, 15) is 22.8 Å². The second-order valence-electron chi connectivity index (χ2n) is 8.81. The van der Waals surface area contributed by atoms with Crippen molar-refractivity contribution in [3.8, 4) is 5.75 Å². The van der Waals surface area contributed by atoms with Crippen molar-refractivity contribution in [3.05, 3.63) is 88.7 Å². The zero-order chi connectivity index (χ0) is 26.9. The van der Waals surface area contributed by atoms with Crippen LogP contribution >= 0.6 is 0 Å². The van der Waals surface area contributed by atoms with Crippen LogP contribution in [0.15, 0.2) is 77.6 Å². The quantitative estimate of drug-likeness (QED) is 0.413. The van der Waals surface area contributed by atoms with Crippen LogP contribution in [-0.4, -0.2) is 60.4 Å². The smallest absolute Gasteiger partial charge is 0.404 e. The van der Waals surface area contributed by atoms with E-state index in [1.807, 2.05) is 11.0 Å². The Morgan fingerprint density at radius 2 is 1.61 bits per heavy atom. The number of aromatic nitrogens is 2. The summed E-state index contributed by atoms with van der Waals surface area (Å²) in [7, 11) is 1.62. The number of nitrogens with one attached hydrogen (secondary N) is 1. The highest BCUT2D eigenvalue weighted by atomic mass is 19.4. The number of H-pyrrole nitrogens is 1. The number of aromatic amines is 1. The Balaban J connectivity index is 1.25. The summed E-state index contributed by atoms with van der Waals surface area (Å²) in [6.07, 6.45) is -4.81. The summed E-state index contributed by atoms with van der Waals surface area (Å²) in [4.78, 5) is 38.1. The maximum absolute atomic E-state index is 13.1. The van der Waals surface area contributed by atoms with E-state index in [4.69, 9.17) is 0 Å². The SMILES string of the molecule is CN(c1ccc(C(=O)N2CCN(c3nc4ccccc4c(=O)[nH]3)CC2)cc1)c1ccccc1OC(F)(F)F. The van der Waals surface area contributed by atoms with Crippen LogP contribution in [-0.2, 0) is 0 Å². The second kappa shape index (κ2) is 10.1. The Labute approximate surface area is 215 Å². The monoisotopic (exact) mass is 523 g/mol. The lowest BCUT2D eigenvalue weighted by molar-refractivity contribution is -0.274. The van der Waals surface area contributed by atoms with Gasteiger partial charge in [0.25, 0.3) is 11.5 Å². The van der Waals surface area contributed by atoms with Crippen molar-refractivity contribution in [2.75, 3.05) is 43.0 Å². The highest BCUT2D eigenvalue weighted by Gasteiger charge is 2.32. The number of hydrogen-bond donors (Lipinski definition) is 1. The van der Waals surface area contributed by atoms with Crippen LogP contribution in [0.3, 0.4) is 0 Å². The molecule has 1 aliphatic heterocycles. The number of halogens is 3. The molecule has 8 nitrogen and oxygen atoms in total. The summed E-state index contributed by atoms with van der Waals surface area (Å²) in [6, 6.07) is 19.6. The first kappa shape index (κ1) is 25.1. The van der Waals surface area contributed by atoms with Crippen molar-refractivity contribution in [2.45, 2.75) is 6.36 Å². The van der Waals surface area contributed by atoms with E-state index >= 15 is 0 Å². The lowest BCUT2D eigenvalue weighted by atomic mass is 10.1. The molecule has 0 spiro atoms. The maximum atomic E-state index is 13.1. The molecule has 2 heterocycles. The highest BCUT2D eigenvalue weighted by Crippen LogP contribution is 2.35. The number of rotatable bonds is 5. The lowest BCUT2D eigenvalue weighted by Gasteiger charge is -2.35. The van der Waals surface area contributed by atoms with E-state index in [-0.39, 0.29) is 22.9 Å². The zero-order valence-electron chi connectivity index (χ0n) is 20.4. The van der Waals surface area contributed by atoms with Crippen LogP contribution in [0, 0.1) is 0 Å². The molecule has 38 heavy (non-hydrogen) atoms. The number of carbonyl (C=O) groups excluding carboxylic acids is 1. The van der Waals surface area contributed by atoms with Crippen LogP contribution in [0.4, 0.5) is 30.5 Å². The molecule has 0 unspecified atom stereocenters. The summed E-state index contributed by atoms with van der Waals surface area (Å²) < 4.78 is 42.6. The van der Waals surface area contributed by atoms with E-state index in [1.165, 1.54) is 18.2 Å². The van der Waals surface area contributed by atoms with Gasteiger partial charge in [-0.05, 0) is 48.5 Å². The van der Waals surface area contributed by atoms with Crippen LogP contribution in [0.5, 0.6) is 5.75 Å². The molecule has 1 N–H and O–H groups in total. The Morgan fingerprint density at radius 3 is 2.32 bits per heavy atom. The van der Waals surface area contributed by atoms with Gasteiger partial charge in [-0.25, -0.2) is 4.98 Å². The van der Waals surface area contributed by atoms with E-state index in [0.29, 0.717) is 54.3 Å². The number of para-hydroxylation sites is 3. The minimum Gasteiger partial charge on any atom is -0.404 e. The number of amides is 1. The topological polar surface area (TPSA) is 81.8 Å². The van der Waals surface area contributed by atoms with Gasteiger partial charge in [-0.1, -0.05) is 24.3 Å². The zero-order valence-corrected chi connectivity index (χ0v) is 20.4. The van der Waals surface area contributed by atoms with Crippen LogP contribution in [0.25, 0.3) is 10.9 Å². The van der Waals surface area contributed by atoms with Crippen LogP contribution < -0.4 is 20.1 Å². The fourth-order valence-corrected chi connectivity index (χ4v) is 4.44. The first-order valence-corrected chi connectivity index (χ1v) is 11.9. The molecule has 3 aromatic carbocycles. The number of ether oxygens (including phenoxy) is 1. The van der Waals surface area contributed by atoms with Gasteiger partial charge in [-0.15, -0.1) is 13.2 Å². The van der Waals surface area contributed by atoms with E-state index in [0.717, 1.165) is 0 Å². The Kier molecular flexibility index (Phi) is 6.66. The summed E-state index contributed by atoms with van der Waals surface area (Å²) in [5.41, 5.74) is 1.70. The number of nitrogens with zero attached hydrogens (tertiary/aromatic N) is 4. The maximum Gasteiger partial charge on any atom is 0.573 e. The summed E-state index contributed by atoms with van der Waals surface area (Å²) in [6.45, 7) is 1.89. The minimum absolute atomic E-state index is 0.153. The fourth-order valence-electron chi connectivity index (χ4n) is 4.44. The fraction of sp³-hybridized carbons (Fsp3) is 0.222. The third-order valence-corrected chi connectivity index (χ3v) is 6.42. The first-order valence-electron chi connectivity index (χ1n) is 11.9. The predicted octanol–water partition coefficient (Wildman–Crippen LogP) is 4.55. The molecule has 0 atom stereocenters. The van der Waals surface area contributed by atoms with Crippen molar-refractivity contribution < 1.29 is 22.7 Å². The molecule has 1 saturated heterocycles. The Bertz CT molecular complexity index is 1510. The second-order valence-corrected chi connectivity index (χ2v) is 8.81. The van der Waals surface area contributed by atoms with Gasteiger partial charge in [0.15, 0.2) is 5.75 Å². The van der Waals surface area contributed by atoms with Gasteiger partial charge in [0, 0.05) is 44.5 Å². The molecule has 1 fully saturated rings. The molecule has 0 aliphatic carbocycles. The van der Waals surface area contributed by atoms with Crippen LogP contribution in [0.1, 0.15) is 10.4 Å². The summed E-state index contributed by atoms with van der Waals surface area (Å²) in [5.74, 6) is 0.00497. The standard InChI is InChI=1S/C27H24F3N5O3/c1-33(22-8-4-5-9-23(22)38-27(28,29)30)19-12-10-18(11-13-19)25(37)34-14-16-35(17-15-34)26-31-21-7-3-2-6-20(21)24(36)32-26/h2-13H,14-17H2,1H3,(H,31,32,36). The van der Waals surface area contributed by atoms with Crippen molar-refractivity contribution in [3.63, 3.8) is 0 Å². The molecule has 1 aliphatic rings.